The topological polar surface area (TPSA) is 102 Å². The number of non-ortho nitro benzene ring substituents is 1. The van der Waals surface area contributed by atoms with E-state index in [1.54, 1.807) is 0 Å². The molecule has 1 saturated heterocycles. The van der Waals surface area contributed by atoms with Crippen LogP contribution in [0, 0.1) is 10.1 Å². The molecule has 0 aliphatic carbocycles. The number of ether oxygens (including phenoxy) is 1. The van der Waals surface area contributed by atoms with Gasteiger partial charge in [-0.2, -0.15) is 0 Å². The Kier molecular flexibility index (Phi) is 4.26. The Labute approximate surface area is 114 Å². The van der Waals surface area contributed by atoms with Gasteiger partial charge in [0.05, 0.1) is 18.1 Å². The molecule has 1 fully saturated rings. The Morgan fingerprint density at radius 1 is 1.20 bits per heavy atom. The van der Waals surface area contributed by atoms with E-state index >= 15 is 0 Å². The number of morpholine rings is 1. The fourth-order valence-electron chi connectivity index (χ4n) is 1.76. The number of benzene rings is 1. The molecule has 8 nitrogen and oxygen atoms in total. The number of nitro groups is 1. The van der Waals surface area contributed by atoms with Crippen LogP contribution < -0.4 is 5.32 Å². The smallest absolute Gasteiger partial charge is 0.313 e. The van der Waals surface area contributed by atoms with Crippen molar-refractivity contribution in [2.24, 2.45) is 0 Å². The molecule has 0 spiro atoms. The molecule has 1 aliphatic heterocycles. The second kappa shape index (κ2) is 6.11. The molecule has 0 atom stereocenters. The highest BCUT2D eigenvalue weighted by Crippen LogP contribution is 2.15. The number of nitro benzene ring substituents is 1. The Morgan fingerprint density at radius 2 is 1.80 bits per heavy atom. The van der Waals surface area contributed by atoms with Crippen LogP contribution in [0.2, 0.25) is 0 Å². The molecular weight excluding hydrogens is 266 g/mol. The number of amides is 2. The number of carbonyl (C=O) groups is 2. The summed E-state index contributed by atoms with van der Waals surface area (Å²) >= 11 is 0. The molecule has 1 heterocycles. The normalized spacial score (nSPS) is 14.7. The molecule has 1 aliphatic rings. The lowest BCUT2D eigenvalue weighted by Gasteiger charge is -2.26. The van der Waals surface area contributed by atoms with Crippen molar-refractivity contribution in [3.63, 3.8) is 0 Å². The summed E-state index contributed by atoms with van der Waals surface area (Å²) in [6.07, 6.45) is 0. The first-order chi connectivity index (χ1) is 9.58. The van der Waals surface area contributed by atoms with E-state index in [9.17, 15) is 19.7 Å². The molecule has 2 amide bonds. The maximum absolute atomic E-state index is 11.8. The van der Waals surface area contributed by atoms with E-state index in [4.69, 9.17) is 4.74 Å². The standard InChI is InChI=1S/C12H13N3O5/c16-11(12(17)14-5-7-20-8-6-14)13-9-1-3-10(4-2-9)15(18)19/h1-4H,5-8H2,(H,13,16). The second-order valence-electron chi connectivity index (χ2n) is 4.16. The maximum Gasteiger partial charge on any atom is 0.313 e. The summed E-state index contributed by atoms with van der Waals surface area (Å²) in [5, 5.41) is 12.9. The number of hydrogen-bond acceptors (Lipinski definition) is 5. The SMILES string of the molecule is O=C(Nc1ccc([N+](=O)[O-])cc1)C(=O)N1CCOCC1. The van der Waals surface area contributed by atoms with E-state index < -0.39 is 16.7 Å². The van der Waals surface area contributed by atoms with Crippen molar-refractivity contribution in [1.29, 1.82) is 0 Å². The minimum Gasteiger partial charge on any atom is -0.378 e. The van der Waals surface area contributed by atoms with Crippen LogP contribution >= 0.6 is 0 Å². The first-order valence-corrected chi connectivity index (χ1v) is 6.00. The number of anilines is 1. The molecule has 20 heavy (non-hydrogen) atoms. The van der Waals surface area contributed by atoms with Crippen LogP contribution in [0.5, 0.6) is 0 Å². The van der Waals surface area contributed by atoms with Gasteiger partial charge in [-0.25, -0.2) is 0 Å². The zero-order valence-corrected chi connectivity index (χ0v) is 10.6. The van der Waals surface area contributed by atoms with E-state index in [2.05, 4.69) is 5.32 Å². The van der Waals surface area contributed by atoms with Crippen LogP contribution in [0.25, 0.3) is 0 Å². The Morgan fingerprint density at radius 3 is 2.35 bits per heavy atom. The summed E-state index contributed by atoms with van der Waals surface area (Å²) in [4.78, 5) is 34.9. The Bertz CT molecular complexity index is 522. The van der Waals surface area contributed by atoms with Gasteiger partial charge < -0.3 is 15.0 Å². The molecule has 0 radical (unpaired) electrons. The van der Waals surface area contributed by atoms with Crippen molar-refractivity contribution < 1.29 is 19.2 Å². The van der Waals surface area contributed by atoms with Crippen molar-refractivity contribution in [3.05, 3.63) is 34.4 Å². The molecule has 106 valence electrons. The number of rotatable bonds is 2. The maximum atomic E-state index is 11.8. The Balaban J connectivity index is 1.96. The largest absolute Gasteiger partial charge is 0.378 e. The number of nitrogens with one attached hydrogen (secondary N) is 1. The lowest BCUT2D eigenvalue weighted by Crippen LogP contribution is -2.45. The second-order valence-corrected chi connectivity index (χ2v) is 4.16. The molecule has 0 aromatic heterocycles. The minimum absolute atomic E-state index is 0.0810. The van der Waals surface area contributed by atoms with Gasteiger partial charge >= 0.3 is 11.8 Å². The molecule has 1 N–H and O–H groups in total. The van der Waals surface area contributed by atoms with Gasteiger partial charge in [-0.15, -0.1) is 0 Å². The van der Waals surface area contributed by atoms with E-state index in [1.807, 2.05) is 0 Å². The van der Waals surface area contributed by atoms with Gasteiger partial charge in [0.15, 0.2) is 0 Å². The van der Waals surface area contributed by atoms with Gasteiger partial charge in [-0.3, -0.25) is 19.7 Å². The third-order valence-electron chi connectivity index (χ3n) is 2.83. The zero-order chi connectivity index (χ0) is 14.5. The van der Waals surface area contributed by atoms with E-state index in [-0.39, 0.29) is 5.69 Å². The van der Waals surface area contributed by atoms with E-state index in [0.717, 1.165) is 0 Å². The lowest BCUT2D eigenvalue weighted by atomic mass is 10.3. The lowest BCUT2D eigenvalue weighted by molar-refractivity contribution is -0.384. The quantitative estimate of drug-likeness (QED) is 0.479. The van der Waals surface area contributed by atoms with Gasteiger partial charge in [-0.1, -0.05) is 0 Å². The summed E-state index contributed by atoms with van der Waals surface area (Å²) in [6.45, 7) is 1.59. The van der Waals surface area contributed by atoms with E-state index in [0.29, 0.717) is 32.0 Å². The summed E-state index contributed by atoms with van der Waals surface area (Å²) in [5.74, 6) is -1.40. The van der Waals surface area contributed by atoms with Crippen molar-refractivity contribution in [2.75, 3.05) is 31.6 Å². The van der Waals surface area contributed by atoms with Crippen molar-refractivity contribution in [3.8, 4) is 0 Å². The average molecular weight is 279 g/mol. The third kappa shape index (κ3) is 3.29. The average Bonchev–Trinajstić information content (AvgIpc) is 2.48. The van der Waals surface area contributed by atoms with Gasteiger partial charge in [-0.05, 0) is 12.1 Å². The summed E-state index contributed by atoms with van der Waals surface area (Å²) < 4.78 is 5.09. The van der Waals surface area contributed by atoms with Gasteiger partial charge in [0, 0.05) is 30.9 Å². The predicted octanol–water partition coefficient (Wildman–Crippen LogP) is 0.392. The minimum atomic E-state index is -0.763. The zero-order valence-electron chi connectivity index (χ0n) is 10.6. The van der Waals surface area contributed by atoms with Crippen LogP contribution in [0.15, 0.2) is 24.3 Å². The molecule has 0 bridgehead atoms. The van der Waals surface area contributed by atoms with Crippen molar-refractivity contribution in [2.45, 2.75) is 0 Å². The molecule has 8 heteroatoms. The van der Waals surface area contributed by atoms with Gasteiger partial charge in [0.2, 0.25) is 0 Å². The van der Waals surface area contributed by atoms with Crippen LogP contribution in [-0.2, 0) is 14.3 Å². The first-order valence-electron chi connectivity index (χ1n) is 6.00. The van der Waals surface area contributed by atoms with Gasteiger partial charge in [0.25, 0.3) is 5.69 Å². The van der Waals surface area contributed by atoms with Gasteiger partial charge in [0.1, 0.15) is 0 Å². The Hall–Kier alpha value is -2.48. The highest BCUT2D eigenvalue weighted by molar-refractivity contribution is 6.39. The van der Waals surface area contributed by atoms with Crippen LogP contribution in [-0.4, -0.2) is 47.9 Å². The molecular formula is C12H13N3O5. The molecule has 2 rings (SSSR count). The predicted molar refractivity (Wildman–Crippen MR) is 69.1 cm³/mol. The van der Waals surface area contributed by atoms with E-state index in [1.165, 1.54) is 29.2 Å². The molecule has 0 saturated carbocycles. The number of hydrogen-bond donors (Lipinski definition) is 1. The summed E-state index contributed by atoms with van der Waals surface area (Å²) in [7, 11) is 0. The highest BCUT2D eigenvalue weighted by atomic mass is 16.6. The summed E-state index contributed by atoms with van der Waals surface area (Å²) in [6, 6.07) is 5.27. The summed E-state index contributed by atoms with van der Waals surface area (Å²) in [5.41, 5.74) is 0.254. The van der Waals surface area contributed by atoms with Crippen molar-refractivity contribution in [1.82, 2.24) is 4.90 Å². The highest BCUT2D eigenvalue weighted by Gasteiger charge is 2.23. The monoisotopic (exact) mass is 279 g/mol. The van der Waals surface area contributed by atoms with Crippen LogP contribution in [0.1, 0.15) is 0 Å². The molecule has 1 aromatic carbocycles. The van der Waals surface area contributed by atoms with Crippen molar-refractivity contribution >= 4 is 23.2 Å². The molecule has 0 unspecified atom stereocenters. The fourth-order valence-corrected chi connectivity index (χ4v) is 1.76. The van der Waals surface area contributed by atoms with Crippen LogP contribution in [0.4, 0.5) is 11.4 Å². The molecule has 1 aromatic rings. The number of carbonyl (C=O) groups excluding carboxylic acids is 2. The fraction of sp³-hybridized carbons (Fsp3) is 0.333. The van der Waals surface area contributed by atoms with Crippen LogP contribution in [0.3, 0.4) is 0 Å². The third-order valence-corrected chi connectivity index (χ3v) is 2.83. The first kappa shape index (κ1) is 13.9. The number of nitrogens with zero attached hydrogens (tertiary/aromatic N) is 2.